The molecule has 1 saturated heterocycles. The van der Waals surface area contributed by atoms with E-state index < -0.39 is 9.84 Å². The van der Waals surface area contributed by atoms with Crippen LogP contribution in [0.4, 0.5) is 5.95 Å². The first-order chi connectivity index (χ1) is 10.6. The molecule has 2 aromatic heterocycles. The standard InChI is InChI=1S/C14H17N5O2S/c1-22(20,21)12-8-15-10-18-13(12)11-4-2-7-19(9-11)14-16-5-3-6-17-14/h3,5-6,8,10-11H,2,4,7,9H2,1H3/t11-/m1/s1. The van der Waals surface area contributed by atoms with Gasteiger partial charge in [0, 0.05) is 43.9 Å². The van der Waals surface area contributed by atoms with Crippen molar-refractivity contribution >= 4 is 15.8 Å². The van der Waals surface area contributed by atoms with Gasteiger partial charge in [0.15, 0.2) is 9.84 Å². The molecule has 0 amide bonds. The minimum atomic E-state index is -3.34. The van der Waals surface area contributed by atoms with Crippen LogP contribution in [0.3, 0.4) is 0 Å². The van der Waals surface area contributed by atoms with Gasteiger partial charge in [-0.15, -0.1) is 0 Å². The van der Waals surface area contributed by atoms with Crippen molar-refractivity contribution in [3.05, 3.63) is 36.7 Å². The Balaban J connectivity index is 1.90. The molecule has 3 heterocycles. The van der Waals surface area contributed by atoms with Crippen molar-refractivity contribution in [2.75, 3.05) is 24.2 Å². The molecule has 2 aromatic rings. The first kappa shape index (κ1) is 14.8. The van der Waals surface area contributed by atoms with E-state index in [1.165, 1.54) is 18.8 Å². The second kappa shape index (κ2) is 5.96. The number of aromatic nitrogens is 4. The average Bonchev–Trinajstić information content (AvgIpc) is 2.55. The summed E-state index contributed by atoms with van der Waals surface area (Å²) in [6.07, 6.45) is 9.23. The fraction of sp³-hybridized carbons (Fsp3) is 0.429. The van der Waals surface area contributed by atoms with Crippen LogP contribution in [0, 0.1) is 0 Å². The Kier molecular flexibility index (Phi) is 4.02. The third kappa shape index (κ3) is 3.06. The second-order valence-electron chi connectivity index (χ2n) is 5.38. The molecule has 1 aliphatic rings. The Morgan fingerprint density at radius 3 is 2.73 bits per heavy atom. The predicted molar refractivity (Wildman–Crippen MR) is 81.4 cm³/mol. The van der Waals surface area contributed by atoms with Gasteiger partial charge >= 0.3 is 0 Å². The van der Waals surface area contributed by atoms with Gasteiger partial charge in [-0.1, -0.05) is 0 Å². The maximum absolute atomic E-state index is 11.9. The zero-order valence-corrected chi connectivity index (χ0v) is 13.1. The normalized spacial score (nSPS) is 19.1. The lowest BCUT2D eigenvalue weighted by Crippen LogP contribution is -2.36. The molecule has 8 heteroatoms. The molecule has 0 saturated carbocycles. The molecule has 1 aliphatic heterocycles. The summed E-state index contributed by atoms with van der Waals surface area (Å²) in [5, 5.41) is 0. The first-order valence-electron chi connectivity index (χ1n) is 7.07. The molecule has 0 N–H and O–H groups in total. The van der Waals surface area contributed by atoms with Gasteiger partial charge in [-0.3, -0.25) is 0 Å². The number of piperidine rings is 1. The summed E-state index contributed by atoms with van der Waals surface area (Å²) >= 11 is 0. The maximum Gasteiger partial charge on any atom is 0.225 e. The van der Waals surface area contributed by atoms with Gasteiger partial charge in [-0.05, 0) is 18.9 Å². The van der Waals surface area contributed by atoms with Crippen LogP contribution in [0.1, 0.15) is 24.5 Å². The summed E-state index contributed by atoms with van der Waals surface area (Å²) in [4.78, 5) is 18.9. The van der Waals surface area contributed by atoms with Crippen LogP contribution in [-0.4, -0.2) is 47.7 Å². The Bertz CT molecular complexity index is 751. The molecule has 1 atom stereocenters. The van der Waals surface area contributed by atoms with Gasteiger partial charge in [-0.25, -0.2) is 28.4 Å². The van der Waals surface area contributed by atoms with Crippen LogP contribution in [-0.2, 0) is 9.84 Å². The lowest BCUT2D eigenvalue weighted by Gasteiger charge is -2.32. The Morgan fingerprint density at radius 1 is 1.23 bits per heavy atom. The first-order valence-corrected chi connectivity index (χ1v) is 8.97. The summed E-state index contributed by atoms with van der Waals surface area (Å²) in [6.45, 7) is 1.52. The van der Waals surface area contributed by atoms with Crippen LogP contribution in [0.5, 0.6) is 0 Å². The summed E-state index contributed by atoms with van der Waals surface area (Å²) < 4.78 is 23.9. The second-order valence-corrected chi connectivity index (χ2v) is 7.36. The van der Waals surface area contributed by atoms with E-state index in [1.807, 2.05) is 0 Å². The van der Waals surface area contributed by atoms with Crippen molar-refractivity contribution in [1.29, 1.82) is 0 Å². The van der Waals surface area contributed by atoms with Crippen molar-refractivity contribution < 1.29 is 8.42 Å². The van der Waals surface area contributed by atoms with E-state index in [2.05, 4.69) is 24.8 Å². The molecule has 0 bridgehead atoms. The molecular weight excluding hydrogens is 302 g/mol. The highest BCUT2D eigenvalue weighted by Crippen LogP contribution is 2.30. The highest BCUT2D eigenvalue weighted by molar-refractivity contribution is 7.90. The van der Waals surface area contributed by atoms with E-state index in [-0.39, 0.29) is 10.8 Å². The molecule has 0 aliphatic carbocycles. The van der Waals surface area contributed by atoms with Crippen LogP contribution in [0.15, 0.2) is 35.9 Å². The van der Waals surface area contributed by atoms with E-state index >= 15 is 0 Å². The summed E-state index contributed by atoms with van der Waals surface area (Å²) in [6, 6.07) is 1.77. The Morgan fingerprint density at radius 2 is 2.00 bits per heavy atom. The van der Waals surface area contributed by atoms with Crippen molar-refractivity contribution in [2.45, 2.75) is 23.7 Å². The van der Waals surface area contributed by atoms with Crippen LogP contribution in [0.2, 0.25) is 0 Å². The highest BCUT2D eigenvalue weighted by Gasteiger charge is 2.28. The zero-order valence-electron chi connectivity index (χ0n) is 12.3. The van der Waals surface area contributed by atoms with Gasteiger partial charge in [0.25, 0.3) is 0 Å². The van der Waals surface area contributed by atoms with Gasteiger partial charge in [0.2, 0.25) is 5.95 Å². The number of sulfone groups is 1. The largest absolute Gasteiger partial charge is 0.340 e. The zero-order chi connectivity index (χ0) is 15.6. The van der Waals surface area contributed by atoms with Gasteiger partial charge in [0.05, 0.1) is 5.69 Å². The summed E-state index contributed by atoms with van der Waals surface area (Å²) in [5.41, 5.74) is 0.595. The molecule has 1 fully saturated rings. The number of rotatable bonds is 3. The number of nitrogens with zero attached hydrogens (tertiary/aromatic N) is 5. The molecule has 0 spiro atoms. The molecule has 22 heavy (non-hydrogen) atoms. The third-order valence-corrected chi connectivity index (χ3v) is 4.86. The van der Waals surface area contributed by atoms with Crippen LogP contribution >= 0.6 is 0 Å². The quantitative estimate of drug-likeness (QED) is 0.835. The van der Waals surface area contributed by atoms with Gasteiger partial charge in [0.1, 0.15) is 11.2 Å². The van der Waals surface area contributed by atoms with Gasteiger partial charge < -0.3 is 4.90 Å². The predicted octanol–water partition coefficient (Wildman–Crippen LogP) is 1.05. The molecule has 0 unspecified atom stereocenters. The third-order valence-electron chi connectivity index (χ3n) is 3.75. The minimum Gasteiger partial charge on any atom is -0.340 e. The van der Waals surface area contributed by atoms with Crippen LogP contribution < -0.4 is 4.90 Å². The topological polar surface area (TPSA) is 88.9 Å². The maximum atomic E-state index is 11.9. The number of hydrogen-bond acceptors (Lipinski definition) is 7. The molecule has 0 radical (unpaired) electrons. The van der Waals surface area contributed by atoms with Crippen molar-refractivity contribution in [3.63, 3.8) is 0 Å². The van der Waals surface area contributed by atoms with Crippen molar-refractivity contribution in [1.82, 2.24) is 19.9 Å². The number of anilines is 1. The molecular formula is C14H17N5O2S. The minimum absolute atomic E-state index is 0.0327. The van der Waals surface area contributed by atoms with E-state index in [1.54, 1.807) is 18.5 Å². The lowest BCUT2D eigenvalue weighted by molar-refractivity contribution is 0.486. The SMILES string of the molecule is CS(=O)(=O)c1cncnc1[C@@H]1CCCN(c2ncccn2)C1. The Hall–Kier alpha value is -2.09. The van der Waals surface area contributed by atoms with Crippen molar-refractivity contribution in [2.24, 2.45) is 0 Å². The summed E-state index contributed by atoms with van der Waals surface area (Å²) in [7, 11) is -3.34. The Labute approximate surface area is 129 Å². The monoisotopic (exact) mass is 319 g/mol. The van der Waals surface area contributed by atoms with E-state index in [9.17, 15) is 8.42 Å². The molecule has 0 aromatic carbocycles. The fourth-order valence-corrected chi connectivity index (χ4v) is 3.61. The average molecular weight is 319 g/mol. The molecule has 7 nitrogen and oxygen atoms in total. The van der Waals surface area contributed by atoms with Gasteiger partial charge in [-0.2, -0.15) is 0 Å². The molecule has 3 rings (SSSR count). The molecule has 116 valence electrons. The van der Waals surface area contributed by atoms with Crippen molar-refractivity contribution in [3.8, 4) is 0 Å². The van der Waals surface area contributed by atoms with Crippen LogP contribution in [0.25, 0.3) is 0 Å². The highest BCUT2D eigenvalue weighted by atomic mass is 32.2. The van der Waals surface area contributed by atoms with E-state index in [4.69, 9.17) is 0 Å². The smallest absolute Gasteiger partial charge is 0.225 e. The number of hydrogen-bond donors (Lipinski definition) is 0. The fourth-order valence-electron chi connectivity index (χ4n) is 2.76. The summed E-state index contributed by atoms with van der Waals surface area (Å²) in [5.74, 6) is 0.701. The lowest BCUT2D eigenvalue weighted by atomic mass is 9.95. The van der Waals surface area contributed by atoms with E-state index in [0.29, 0.717) is 18.2 Å². The van der Waals surface area contributed by atoms with E-state index in [0.717, 1.165) is 19.4 Å².